The van der Waals surface area contributed by atoms with Crippen LogP contribution in [0.15, 0.2) is 12.8 Å². The molecule has 0 N–H and O–H groups in total. The van der Waals surface area contributed by atoms with Crippen molar-refractivity contribution in [1.82, 2.24) is 0 Å². The molecule has 0 spiro atoms. The van der Waals surface area contributed by atoms with Crippen LogP contribution in [0, 0.1) is 0 Å². The van der Waals surface area contributed by atoms with Gasteiger partial charge in [0.2, 0.25) is 0 Å². The van der Waals surface area contributed by atoms with Crippen LogP contribution in [0.2, 0.25) is 0 Å². The molecule has 0 atom stereocenters. The van der Waals surface area contributed by atoms with Crippen molar-refractivity contribution in [3.05, 3.63) is 12.8 Å². The minimum absolute atomic E-state index is 0.519. The van der Waals surface area contributed by atoms with Crippen molar-refractivity contribution in [1.29, 1.82) is 0 Å². The van der Waals surface area contributed by atoms with Gasteiger partial charge in [0.15, 0.2) is 0 Å². The standard InChI is InChI=1S/C27H54O7/c1-3-5-6-7-8-9-10-11-12-13-14-15-29-18-19-31-22-23-33-26-27-34-25-24-32-21-20-30-17-16-28-4-2/h4H,2-3,5-27H2,1H3. The smallest absolute Gasteiger partial charge is 0.111 e. The monoisotopic (exact) mass is 490 g/mol. The minimum atomic E-state index is 0.519. The third-order valence-corrected chi connectivity index (χ3v) is 5.22. The summed E-state index contributed by atoms with van der Waals surface area (Å²) in [6, 6.07) is 0. The first-order valence-electron chi connectivity index (χ1n) is 13.6. The van der Waals surface area contributed by atoms with E-state index in [1.807, 2.05) is 0 Å². The van der Waals surface area contributed by atoms with Crippen LogP contribution in [0.1, 0.15) is 77.6 Å². The lowest BCUT2D eigenvalue weighted by Gasteiger charge is -2.08. The fourth-order valence-corrected chi connectivity index (χ4v) is 3.26. The molecule has 0 rings (SSSR count). The van der Waals surface area contributed by atoms with Crippen molar-refractivity contribution in [3.8, 4) is 0 Å². The van der Waals surface area contributed by atoms with Gasteiger partial charge in [-0.25, -0.2) is 0 Å². The second-order valence-electron chi connectivity index (χ2n) is 8.25. The van der Waals surface area contributed by atoms with Crippen molar-refractivity contribution in [2.24, 2.45) is 0 Å². The van der Waals surface area contributed by atoms with E-state index in [4.69, 9.17) is 33.2 Å². The average Bonchev–Trinajstić information content (AvgIpc) is 2.85. The Morgan fingerprint density at radius 1 is 0.382 bits per heavy atom. The highest BCUT2D eigenvalue weighted by Crippen LogP contribution is 2.11. The molecule has 0 amide bonds. The number of rotatable bonds is 31. The highest BCUT2D eigenvalue weighted by atomic mass is 16.6. The zero-order chi connectivity index (χ0) is 24.6. The summed E-state index contributed by atoms with van der Waals surface area (Å²) < 4.78 is 37.7. The number of hydrogen-bond donors (Lipinski definition) is 0. The Morgan fingerprint density at radius 3 is 1.03 bits per heavy atom. The Morgan fingerprint density at radius 2 is 0.676 bits per heavy atom. The van der Waals surface area contributed by atoms with Gasteiger partial charge in [0.05, 0.1) is 78.9 Å². The molecule has 0 aliphatic rings. The van der Waals surface area contributed by atoms with E-state index in [0.717, 1.165) is 13.0 Å². The van der Waals surface area contributed by atoms with E-state index in [0.29, 0.717) is 79.3 Å². The molecule has 34 heavy (non-hydrogen) atoms. The van der Waals surface area contributed by atoms with Crippen LogP contribution in [-0.4, -0.2) is 85.9 Å². The highest BCUT2D eigenvalue weighted by Gasteiger charge is 1.96. The quantitative estimate of drug-likeness (QED) is 0.0931. The first-order chi connectivity index (χ1) is 16.9. The van der Waals surface area contributed by atoms with E-state index in [9.17, 15) is 0 Å². The summed E-state index contributed by atoms with van der Waals surface area (Å²) in [6.45, 7) is 13.4. The van der Waals surface area contributed by atoms with Crippen molar-refractivity contribution in [3.63, 3.8) is 0 Å². The SMILES string of the molecule is C=COCCOCCOCCOCCOCCOCCOCCCCCCCCCCCCC. The van der Waals surface area contributed by atoms with Crippen LogP contribution in [0.5, 0.6) is 0 Å². The summed E-state index contributed by atoms with van der Waals surface area (Å²) in [5.74, 6) is 0. The van der Waals surface area contributed by atoms with E-state index in [2.05, 4.69) is 13.5 Å². The van der Waals surface area contributed by atoms with Gasteiger partial charge in [-0.15, -0.1) is 0 Å². The Hall–Kier alpha value is -0.700. The minimum Gasteiger partial charge on any atom is -0.499 e. The van der Waals surface area contributed by atoms with E-state index < -0.39 is 0 Å². The molecule has 0 aliphatic carbocycles. The second kappa shape index (κ2) is 32.3. The molecule has 0 aliphatic heterocycles. The summed E-state index contributed by atoms with van der Waals surface area (Å²) in [6.07, 6.45) is 16.4. The molecule has 0 bridgehead atoms. The Bertz CT molecular complexity index is 369. The molecule has 0 saturated heterocycles. The normalized spacial score (nSPS) is 11.2. The summed E-state index contributed by atoms with van der Waals surface area (Å²) in [5.41, 5.74) is 0. The van der Waals surface area contributed by atoms with Gasteiger partial charge in [0, 0.05) is 6.61 Å². The van der Waals surface area contributed by atoms with Gasteiger partial charge in [-0.3, -0.25) is 0 Å². The molecule has 0 heterocycles. The second-order valence-corrected chi connectivity index (χ2v) is 8.25. The predicted octanol–water partition coefficient (Wildman–Crippen LogP) is 5.56. The largest absolute Gasteiger partial charge is 0.499 e. The molecule has 7 nitrogen and oxygen atoms in total. The molecule has 7 heteroatoms. The number of unbranched alkanes of at least 4 members (excludes halogenated alkanes) is 10. The fraction of sp³-hybridized carbons (Fsp3) is 0.926. The van der Waals surface area contributed by atoms with E-state index in [1.54, 1.807) is 0 Å². The van der Waals surface area contributed by atoms with Crippen LogP contribution >= 0.6 is 0 Å². The summed E-state index contributed by atoms with van der Waals surface area (Å²) in [7, 11) is 0. The zero-order valence-electron chi connectivity index (χ0n) is 22.1. The molecule has 0 fully saturated rings. The predicted molar refractivity (Wildman–Crippen MR) is 138 cm³/mol. The van der Waals surface area contributed by atoms with Crippen LogP contribution in [0.4, 0.5) is 0 Å². The van der Waals surface area contributed by atoms with Crippen molar-refractivity contribution in [2.75, 3.05) is 85.9 Å². The maximum absolute atomic E-state index is 5.63. The van der Waals surface area contributed by atoms with Crippen molar-refractivity contribution < 1.29 is 33.2 Å². The molecule has 204 valence electrons. The topological polar surface area (TPSA) is 64.6 Å². The average molecular weight is 491 g/mol. The molecule has 0 radical (unpaired) electrons. The van der Waals surface area contributed by atoms with Crippen LogP contribution < -0.4 is 0 Å². The molecular formula is C27H54O7. The molecule has 0 aromatic carbocycles. The lowest BCUT2D eigenvalue weighted by molar-refractivity contribution is -0.0185. The van der Waals surface area contributed by atoms with Crippen LogP contribution in [-0.2, 0) is 33.2 Å². The highest BCUT2D eigenvalue weighted by molar-refractivity contribution is 4.49. The Kier molecular flexibility index (Phi) is 31.6. The van der Waals surface area contributed by atoms with Gasteiger partial charge < -0.3 is 33.2 Å². The van der Waals surface area contributed by atoms with Gasteiger partial charge in [0.25, 0.3) is 0 Å². The third-order valence-electron chi connectivity index (χ3n) is 5.22. The maximum atomic E-state index is 5.63. The van der Waals surface area contributed by atoms with Crippen molar-refractivity contribution in [2.45, 2.75) is 77.6 Å². The summed E-state index contributed by atoms with van der Waals surface area (Å²) >= 11 is 0. The van der Waals surface area contributed by atoms with E-state index in [1.165, 1.54) is 70.5 Å². The molecule has 0 unspecified atom stereocenters. The number of ether oxygens (including phenoxy) is 7. The first-order valence-corrected chi connectivity index (χ1v) is 13.6. The van der Waals surface area contributed by atoms with Gasteiger partial charge in [-0.1, -0.05) is 77.7 Å². The number of hydrogen-bond acceptors (Lipinski definition) is 7. The van der Waals surface area contributed by atoms with Gasteiger partial charge in [-0.05, 0) is 6.42 Å². The van der Waals surface area contributed by atoms with Gasteiger partial charge in [-0.2, -0.15) is 0 Å². The molecular weight excluding hydrogens is 436 g/mol. The first kappa shape index (κ1) is 33.3. The van der Waals surface area contributed by atoms with Crippen molar-refractivity contribution >= 4 is 0 Å². The lowest BCUT2D eigenvalue weighted by atomic mass is 10.1. The van der Waals surface area contributed by atoms with E-state index in [-0.39, 0.29) is 0 Å². The molecule has 0 aromatic rings. The maximum Gasteiger partial charge on any atom is 0.111 e. The molecule has 0 aromatic heterocycles. The summed E-state index contributed by atoms with van der Waals surface area (Å²) in [4.78, 5) is 0. The van der Waals surface area contributed by atoms with Gasteiger partial charge in [0.1, 0.15) is 6.61 Å². The van der Waals surface area contributed by atoms with Gasteiger partial charge >= 0.3 is 0 Å². The van der Waals surface area contributed by atoms with Crippen LogP contribution in [0.25, 0.3) is 0 Å². The summed E-state index contributed by atoms with van der Waals surface area (Å²) in [5, 5.41) is 0. The Balaban J connectivity index is 3.00. The van der Waals surface area contributed by atoms with Crippen LogP contribution in [0.3, 0.4) is 0 Å². The zero-order valence-corrected chi connectivity index (χ0v) is 22.1. The Labute approximate surface area is 209 Å². The fourth-order valence-electron chi connectivity index (χ4n) is 3.26. The van der Waals surface area contributed by atoms with E-state index >= 15 is 0 Å². The lowest BCUT2D eigenvalue weighted by Crippen LogP contribution is -2.14. The molecule has 0 saturated carbocycles. The third kappa shape index (κ3) is 31.3.